The highest BCUT2D eigenvalue weighted by Gasteiger charge is 2.33. The van der Waals surface area contributed by atoms with Crippen molar-refractivity contribution in [1.29, 1.82) is 0 Å². The number of carbonyl (C=O) groups is 2. The van der Waals surface area contributed by atoms with E-state index < -0.39 is 23.7 Å². The van der Waals surface area contributed by atoms with Gasteiger partial charge in [0.2, 0.25) is 0 Å². The largest absolute Gasteiger partial charge is 0.467 e. The Hall–Kier alpha value is -4.33. The number of furan rings is 1. The Kier molecular flexibility index (Phi) is 6.54. The maximum absolute atomic E-state index is 13.5. The Bertz CT molecular complexity index is 1210. The van der Waals surface area contributed by atoms with Crippen LogP contribution in [-0.4, -0.2) is 26.7 Å². The lowest BCUT2D eigenvalue weighted by atomic mass is 10.0. The average molecular weight is 444 g/mol. The number of hydrogen-bond acceptors (Lipinski definition) is 5. The molecule has 0 aliphatic carbocycles. The minimum absolute atomic E-state index is 0.0256. The van der Waals surface area contributed by atoms with Crippen molar-refractivity contribution in [1.82, 2.24) is 14.9 Å². The summed E-state index contributed by atoms with van der Waals surface area (Å²) in [4.78, 5) is 36.5. The van der Waals surface area contributed by atoms with Crippen LogP contribution in [0, 0.1) is 12.7 Å². The molecule has 0 aliphatic rings. The number of benzene rings is 2. The molecular weight excluding hydrogens is 423 g/mol. The van der Waals surface area contributed by atoms with Crippen molar-refractivity contribution in [3.63, 3.8) is 0 Å². The lowest BCUT2D eigenvalue weighted by Gasteiger charge is -2.30. The topological polar surface area (TPSA) is 88.3 Å². The standard InChI is InChI=1S/C25H21FN4O3/c1-17-4-6-18(7-5-17)23(24(31)29-20-10-8-19(26)9-11-20)30(16-21-3-2-14-33-21)25(32)22-15-27-12-13-28-22/h2-15,23H,16H2,1H3,(H,29,31)/t23-/m0/s1. The van der Waals surface area contributed by atoms with Crippen molar-refractivity contribution in [2.24, 2.45) is 0 Å². The van der Waals surface area contributed by atoms with E-state index in [0.29, 0.717) is 17.0 Å². The number of amides is 2. The third kappa shape index (κ3) is 5.30. The molecule has 33 heavy (non-hydrogen) atoms. The highest BCUT2D eigenvalue weighted by Crippen LogP contribution is 2.27. The Morgan fingerprint density at radius 1 is 1.06 bits per heavy atom. The van der Waals surface area contributed by atoms with Gasteiger partial charge in [-0.05, 0) is 48.9 Å². The minimum Gasteiger partial charge on any atom is -0.467 e. The van der Waals surface area contributed by atoms with Gasteiger partial charge < -0.3 is 14.6 Å². The number of rotatable bonds is 7. The van der Waals surface area contributed by atoms with Gasteiger partial charge in [0.1, 0.15) is 23.3 Å². The minimum atomic E-state index is -1.02. The zero-order valence-corrected chi connectivity index (χ0v) is 17.8. The van der Waals surface area contributed by atoms with Gasteiger partial charge in [0.05, 0.1) is 19.0 Å². The second-order valence-electron chi connectivity index (χ2n) is 7.41. The highest BCUT2D eigenvalue weighted by molar-refractivity contribution is 6.00. The molecule has 2 aromatic heterocycles. The van der Waals surface area contributed by atoms with Gasteiger partial charge in [-0.25, -0.2) is 9.37 Å². The van der Waals surface area contributed by atoms with Crippen LogP contribution in [0.3, 0.4) is 0 Å². The van der Waals surface area contributed by atoms with E-state index in [9.17, 15) is 14.0 Å². The summed E-state index contributed by atoms with van der Waals surface area (Å²) >= 11 is 0. The number of aryl methyl sites for hydroxylation is 1. The first-order valence-electron chi connectivity index (χ1n) is 10.2. The molecule has 2 heterocycles. The molecule has 166 valence electrons. The highest BCUT2D eigenvalue weighted by atomic mass is 19.1. The SMILES string of the molecule is Cc1ccc([C@@H](C(=O)Nc2ccc(F)cc2)N(Cc2ccco2)C(=O)c2cnccn2)cc1. The second kappa shape index (κ2) is 9.86. The molecule has 0 saturated heterocycles. The van der Waals surface area contributed by atoms with Gasteiger partial charge in [-0.3, -0.25) is 14.6 Å². The van der Waals surface area contributed by atoms with E-state index in [1.165, 1.54) is 54.0 Å². The molecule has 0 spiro atoms. The smallest absolute Gasteiger partial charge is 0.275 e. The summed E-state index contributed by atoms with van der Waals surface area (Å²) in [6, 6.07) is 15.2. The van der Waals surface area contributed by atoms with E-state index in [2.05, 4.69) is 15.3 Å². The molecule has 1 N–H and O–H groups in total. The van der Waals surface area contributed by atoms with Crippen molar-refractivity contribution in [2.75, 3.05) is 5.32 Å². The van der Waals surface area contributed by atoms with E-state index in [1.54, 1.807) is 24.3 Å². The quantitative estimate of drug-likeness (QED) is 0.452. The summed E-state index contributed by atoms with van der Waals surface area (Å²) in [5.41, 5.74) is 2.11. The first-order valence-corrected chi connectivity index (χ1v) is 10.2. The fourth-order valence-electron chi connectivity index (χ4n) is 3.37. The molecule has 4 rings (SSSR count). The molecule has 2 amide bonds. The normalized spacial score (nSPS) is 11.6. The molecular formula is C25H21FN4O3. The van der Waals surface area contributed by atoms with Crippen LogP contribution in [0.5, 0.6) is 0 Å². The van der Waals surface area contributed by atoms with Gasteiger partial charge >= 0.3 is 0 Å². The molecule has 1 atom stereocenters. The molecule has 4 aromatic rings. The van der Waals surface area contributed by atoms with Crippen LogP contribution < -0.4 is 5.32 Å². The molecule has 2 aromatic carbocycles. The Morgan fingerprint density at radius 2 is 1.82 bits per heavy atom. The lowest BCUT2D eigenvalue weighted by Crippen LogP contribution is -2.41. The van der Waals surface area contributed by atoms with Crippen molar-refractivity contribution in [2.45, 2.75) is 19.5 Å². The summed E-state index contributed by atoms with van der Waals surface area (Å²) in [6.45, 7) is 1.96. The fourth-order valence-corrected chi connectivity index (χ4v) is 3.37. The number of halogens is 1. The van der Waals surface area contributed by atoms with E-state index in [1.807, 2.05) is 19.1 Å². The van der Waals surface area contributed by atoms with Crippen molar-refractivity contribution in [3.05, 3.63) is 114 Å². The molecule has 7 nitrogen and oxygen atoms in total. The number of aromatic nitrogens is 2. The summed E-state index contributed by atoms with van der Waals surface area (Å²) < 4.78 is 18.8. The lowest BCUT2D eigenvalue weighted by molar-refractivity contribution is -0.121. The van der Waals surface area contributed by atoms with Crippen molar-refractivity contribution < 1.29 is 18.4 Å². The summed E-state index contributed by atoms with van der Waals surface area (Å²) in [6.07, 6.45) is 5.73. The zero-order valence-electron chi connectivity index (χ0n) is 17.8. The third-order valence-corrected chi connectivity index (χ3v) is 5.01. The molecule has 0 bridgehead atoms. The molecule has 0 fully saturated rings. The molecule has 0 unspecified atom stereocenters. The van der Waals surface area contributed by atoms with Crippen LogP contribution in [-0.2, 0) is 11.3 Å². The van der Waals surface area contributed by atoms with Crippen LogP contribution in [0.25, 0.3) is 0 Å². The van der Waals surface area contributed by atoms with Crippen LogP contribution in [0.2, 0.25) is 0 Å². The van der Waals surface area contributed by atoms with Gasteiger partial charge in [-0.1, -0.05) is 29.8 Å². The first-order chi connectivity index (χ1) is 16.0. The Labute approximate surface area is 189 Å². The second-order valence-corrected chi connectivity index (χ2v) is 7.41. The Morgan fingerprint density at radius 3 is 2.45 bits per heavy atom. The van der Waals surface area contributed by atoms with E-state index in [4.69, 9.17) is 4.42 Å². The molecule has 0 radical (unpaired) electrons. The zero-order chi connectivity index (χ0) is 23.2. The third-order valence-electron chi connectivity index (χ3n) is 5.01. The van der Waals surface area contributed by atoms with Gasteiger partial charge in [-0.15, -0.1) is 0 Å². The van der Waals surface area contributed by atoms with E-state index in [0.717, 1.165) is 5.56 Å². The van der Waals surface area contributed by atoms with Gasteiger partial charge in [0, 0.05) is 18.1 Å². The molecule has 0 aliphatic heterocycles. The van der Waals surface area contributed by atoms with E-state index in [-0.39, 0.29) is 12.2 Å². The summed E-state index contributed by atoms with van der Waals surface area (Å²) in [5.74, 6) is -0.868. The number of nitrogens with zero attached hydrogens (tertiary/aromatic N) is 3. The number of hydrogen-bond donors (Lipinski definition) is 1. The van der Waals surface area contributed by atoms with Gasteiger partial charge in [0.25, 0.3) is 11.8 Å². The van der Waals surface area contributed by atoms with Gasteiger partial charge in [0.15, 0.2) is 0 Å². The predicted octanol–water partition coefficient (Wildman–Crippen LogP) is 4.54. The Balaban J connectivity index is 1.76. The number of nitrogens with one attached hydrogen (secondary N) is 1. The fraction of sp³-hybridized carbons (Fsp3) is 0.120. The monoisotopic (exact) mass is 444 g/mol. The van der Waals surface area contributed by atoms with Crippen LogP contribution in [0.4, 0.5) is 10.1 Å². The van der Waals surface area contributed by atoms with Crippen molar-refractivity contribution in [3.8, 4) is 0 Å². The predicted molar refractivity (Wildman–Crippen MR) is 120 cm³/mol. The van der Waals surface area contributed by atoms with Crippen molar-refractivity contribution >= 4 is 17.5 Å². The first kappa shape index (κ1) is 21.9. The molecule has 0 saturated carbocycles. The number of carbonyl (C=O) groups excluding carboxylic acids is 2. The van der Waals surface area contributed by atoms with Crippen LogP contribution >= 0.6 is 0 Å². The maximum Gasteiger partial charge on any atom is 0.275 e. The molecule has 8 heteroatoms. The van der Waals surface area contributed by atoms with E-state index >= 15 is 0 Å². The maximum atomic E-state index is 13.5. The summed E-state index contributed by atoms with van der Waals surface area (Å²) in [5, 5.41) is 2.78. The van der Waals surface area contributed by atoms with Crippen LogP contribution in [0.15, 0.2) is 89.9 Å². The summed E-state index contributed by atoms with van der Waals surface area (Å²) in [7, 11) is 0. The van der Waals surface area contributed by atoms with Crippen LogP contribution in [0.1, 0.15) is 33.4 Å². The average Bonchev–Trinajstić information content (AvgIpc) is 3.35. The number of anilines is 1. The van der Waals surface area contributed by atoms with Gasteiger partial charge in [-0.2, -0.15) is 0 Å².